The molecule has 0 saturated carbocycles. The number of halogens is 3. The van der Waals surface area contributed by atoms with Gasteiger partial charge >= 0.3 is 0 Å². The summed E-state index contributed by atoms with van der Waals surface area (Å²) < 4.78 is 33.6. The summed E-state index contributed by atoms with van der Waals surface area (Å²) in [7, 11) is 5.80. The number of carbonyl (C=O) groups is 2. The molecule has 8 nitrogen and oxygen atoms in total. The zero-order valence-electron chi connectivity index (χ0n) is 35.6. The Labute approximate surface area is 355 Å². The Bertz CT molecular complexity index is 2070. The van der Waals surface area contributed by atoms with Crippen molar-refractivity contribution in [3.63, 3.8) is 0 Å². The van der Waals surface area contributed by atoms with Crippen LogP contribution in [0.2, 0.25) is 5.02 Å². The van der Waals surface area contributed by atoms with Crippen LogP contribution in [0.4, 0.5) is 14.6 Å². The maximum absolute atomic E-state index is 16.5. The molecule has 1 aromatic heterocycles. The van der Waals surface area contributed by atoms with Crippen molar-refractivity contribution < 1.29 is 18.4 Å². The number of likely N-dealkylation sites (tertiary alicyclic amines) is 1. The van der Waals surface area contributed by atoms with Crippen LogP contribution < -0.4 is 4.90 Å². The molecule has 1 unspecified atom stereocenters. The molecule has 2 aliphatic heterocycles. The van der Waals surface area contributed by atoms with Gasteiger partial charge in [-0.05, 0) is 119 Å². The van der Waals surface area contributed by atoms with Gasteiger partial charge < -0.3 is 24.3 Å². The second-order valence-electron chi connectivity index (χ2n) is 16.9. The Morgan fingerprint density at radius 2 is 1.66 bits per heavy atom. The minimum atomic E-state index is -0.527. The molecule has 1 atom stereocenters. The number of aryl methyl sites for hydroxylation is 3. The third kappa shape index (κ3) is 10.7. The molecule has 2 fully saturated rings. The van der Waals surface area contributed by atoms with Crippen LogP contribution >= 0.6 is 11.6 Å². The van der Waals surface area contributed by atoms with Crippen LogP contribution in [-0.4, -0.2) is 103 Å². The Morgan fingerprint density at radius 3 is 2.36 bits per heavy atom. The molecular weight excluding hydrogens is 766 g/mol. The zero-order chi connectivity index (χ0) is 42.1. The first-order valence-electron chi connectivity index (χ1n) is 21.7. The number of nitrogens with zero attached hydrogens (tertiary/aromatic N) is 6. The topological polar surface area (TPSA) is 64.9 Å². The minimum absolute atomic E-state index is 0.118. The van der Waals surface area contributed by atoms with Crippen LogP contribution in [0.15, 0.2) is 43.0 Å². The number of aromatic nitrogens is 2. The number of hydrogen-bond donors (Lipinski definition) is 0. The predicted octanol–water partition coefficient (Wildman–Crippen LogP) is 9.62. The van der Waals surface area contributed by atoms with Gasteiger partial charge in [0.05, 0.1) is 11.1 Å². The Kier molecular flexibility index (Phi) is 15.9. The van der Waals surface area contributed by atoms with E-state index in [-0.39, 0.29) is 22.2 Å². The third-order valence-corrected chi connectivity index (χ3v) is 13.0. The highest BCUT2D eigenvalue weighted by Gasteiger charge is 2.28. The number of unbranched alkanes of at least 4 members (excludes halogenated alkanes) is 5. The molecule has 11 heteroatoms. The van der Waals surface area contributed by atoms with E-state index in [9.17, 15) is 9.59 Å². The van der Waals surface area contributed by atoms with Crippen molar-refractivity contribution in [1.29, 1.82) is 0 Å². The van der Waals surface area contributed by atoms with Gasteiger partial charge in [-0.1, -0.05) is 79.8 Å². The number of rotatable bonds is 20. The van der Waals surface area contributed by atoms with Gasteiger partial charge in [0.2, 0.25) is 0 Å². The molecular formula is C48H63ClF2N6O2. The molecule has 0 radical (unpaired) electrons. The van der Waals surface area contributed by atoms with Crippen LogP contribution in [0, 0.1) is 18.6 Å². The fourth-order valence-corrected chi connectivity index (χ4v) is 9.59. The summed E-state index contributed by atoms with van der Waals surface area (Å²) in [6.45, 7) is 13.5. The number of hydrogen-bond acceptors (Lipinski definition) is 7. The molecule has 0 bridgehead atoms. The van der Waals surface area contributed by atoms with Crippen LogP contribution in [0.3, 0.4) is 0 Å². The molecule has 6 rings (SSSR count). The van der Waals surface area contributed by atoms with Crippen molar-refractivity contribution in [2.24, 2.45) is 7.05 Å². The van der Waals surface area contributed by atoms with E-state index in [2.05, 4.69) is 52.3 Å². The smallest absolute Gasteiger partial charge is 0.158 e. The predicted molar refractivity (Wildman–Crippen MR) is 238 cm³/mol. The Morgan fingerprint density at radius 1 is 0.949 bits per heavy atom. The van der Waals surface area contributed by atoms with E-state index in [1.54, 1.807) is 23.9 Å². The van der Waals surface area contributed by atoms with Crippen molar-refractivity contribution in [1.82, 2.24) is 24.5 Å². The lowest BCUT2D eigenvalue weighted by molar-refractivity contribution is -0.113. The Balaban J connectivity index is 0.974. The molecule has 2 aliphatic rings. The number of piperazine rings is 1. The third-order valence-electron chi connectivity index (χ3n) is 12.7. The van der Waals surface area contributed by atoms with Gasteiger partial charge in [-0.2, -0.15) is 5.10 Å². The molecule has 2 saturated heterocycles. The van der Waals surface area contributed by atoms with Crippen LogP contribution in [-0.2, 0) is 29.6 Å². The van der Waals surface area contributed by atoms with Crippen molar-refractivity contribution in [2.45, 2.75) is 96.1 Å². The van der Waals surface area contributed by atoms with E-state index < -0.39 is 11.6 Å². The number of benzene rings is 3. The van der Waals surface area contributed by atoms with E-state index in [1.165, 1.54) is 35.6 Å². The van der Waals surface area contributed by atoms with Gasteiger partial charge in [0, 0.05) is 62.7 Å². The first-order chi connectivity index (χ1) is 28.5. The molecule has 0 aliphatic carbocycles. The average Bonchev–Trinajstić information content (AvgIpc) is 3.56. The highest BCUT2D eigenvalue weighted by atomic mass is 35.5. The summed E-state index contributed by atoms with van der Waals surface area (Å²) in [6.07, 6.45) is 14.0. The standard InChI is InChI=1S/C48H63ClF2N6O2/c1-6-35-29-34(2)30-39(41(35)32-54(4)38(33-59)17-14-28-58)36-19-22-56(23-20-36)21-12-10-8-7-9-11-15-37-16-13-18-43(50)44(37)45-42(49)31-40-47(46(45)51)55(5)52-48(40)57-26-24-53(3)25-27-57/h6,13,16,18,28-31,33,36,38H,1,7-12,14-15,17,19-27,32H2,2-5H3. The summed E-state index contributed by atoms with van der Waals surface area (Å²) in [5.74, 6) is 0.190. The summed E-state index contributed by atoms with van der Waals surface area (Å²) in [6, 6.07) is 11.0. The number of carbonyl (C=O) groups excluding carboxylic acids is 2. The number of likely N-dealkylation sites (N-methyl/N-ethyl adjacent to an activating group) is 2. The van der Waals surface area contributed by atoms with E-state index in [4.69, 9.17) is 16.7 Å². The second-order valence-corrected chi connectivity index (χ2v) is 17.3. The lowest BCUT2D eigenvalue weighted by Gasteiger charge is -2.34. The highest BCUT2D eigenvalue weighted by Crippen LogP contribution is 2.42. The van der Waals surface area contributed by atoms with Crippen molar-refractivity contribution in [3.05, 3.63) is 87.5 Å². The van der Waals surface area contributed by atoms with E-state index in [0.29, 0.717) is 42.6 Å². The fourth-order valence-electron chi connectivity index (χ4n) is 9.31. The lowest BCUT2D eigenvalue weighted by Crippen LogP contribution is -2.44. The number of anilines is 1. The molecule has 3 heterocycles. The zero-order valence-corrected chi connectivity index (χ0v) is 36.4. The van der Waals surface area contributed by atoms with Crippen LogP contribution in [0.1, 0.15) is 97.9 Å². The highest BCUT2D eigenvalue weighted by molar-refractivity contribution is 6.34. The first kappa shape index (κ1) is 44.6. The molecule has 0 N–H and O–H groups in total. The number of fused-ring (bicyclic) bond motifs is 1. The number of aldehydes is 2. The van der Waals surface area contributed by atoms with Gasteiger partial charge in [-0.25, -0.2) is 8.78 Å². The summed E-state index contributed by atoms with van der Waals surface area (Å²) in [5.41, 5.74) is 6.47. The van der Waals surface area contributed by atoms with E-state index in [1.807, 2.05) is 19.2 Å². The molecule has 4 aromatic rings. The van der Waals surface area contributed by atoms with Gasteiger partial charge in [0.1, 0.15) is 23.9 Å². The van der Waals surface area contributed by atoms with E-state index >= 15 is 8.78 Å². The van der Waals surface area contributed by atoms with Gasteiger partial charge in [0.15, 0.2) is 11.6 Å². The summed E-state index contributed by atoms with van der Waals surface area (Å²) >= 11 is 6.82. The minimum Gasteiger partial charge on any atom is -0.352 e. The maximum atomic E-state index is 16.5. The van der Waals surface area contributed by atoms with E-state index in [0.717, 1.165) is 114 Å². The number of piperidine rings is 1. The van der Waals surface area contributed by atoms with Crippen LogP contribution in [0.5, 0.6) is 0 Å². The van der Waals surface area contributed by atoms with Gasteiger partial charge in [0.25, 0.3) is 0 Å². The molecule has 318 valence electrons. The Hall–Kier alpha value is -3.96. The lowest BCUT2D eigenvalue weighted by atomic mass is 9.83. The molecule has 0 amide bonds. The monoisotopic (exact) mass is 828 g/mol. The molecule has 3 aromatic carbocycles. The van der Waals surface area contributed by atoms with Crippen molar-refractivity contribution in [2.75, 3.05) is 64.8 Å². The second kappa shape index (κ2) is 21.0. The van der Waals surface area contributed by atoms with Gasteiger partial charge in [-0.15, -0.1) is 0 Å². The van der Waals surface area contributed by atoms with Crippen molar-refractivity contribution >= 4 is 47.0 Å². The fraction of sp³-hybridized carbons (Fsp3) is 0.521. The molecule has 0 spiro atoms. The average molecular weight is 830 g/mol. The quantitative estimate of drug-likeness (QED) is 0.0650. The SMILES string of the molecule is C=Cc1cc(C)cc(C2CCN(CCCCCCCCc3cccc(F)c3-c3c(Cl)cc4c(N5CCN(C)CC5)nn(C)c4c3F)CC2)c1CN(C)C(C=O)CCC=O. The molecule has 59 heavy (non-hydrogen) atoms. The maximum Gasteiger partial charge on any atom is 0.158 e. The van der Waals surface area contributed by atoms with Crippen molar-refractivity contribution in [3.8, 4) is 11.1 Å². The normalized spacial score (nSPS) is 16.3. The largest absolute Gasteiger partial charge is 0.352 e. The summed E-state index contributed by atoms with van der Waals surface area (Å²) in [5, 5.41) is 5.55. The van der Waals surface area contributed by atoms with Crippen LogP contribution in [0.25, 0.3) is 28.1 Å². The van der Waals surface area contributed by atoms with Gasteiger partial charge in [-0.3, -0.25) is 9.58 Å². The summed E-state index contributed by atoms with van der Waals surface area (Å²) in [4.78, 5) is 31.9. The first-order valence-corrected chi connectivity index (χ1v) is 22.1.